The van der Waals surface area contributed by atoms with Gasteiger partial charge in [-0.3, -0.25) is 4.90 Å². The molecule has 2 heterocycles. The predicted octanol–water partition coefficient (Wildman–Crippen LogP) is 2.22. The molecular weight excluding hydrogens is 326 g/mol. The lowest BCUT2D eigenvalue weighted by molar-refractivity contribution is 0.147. The van der Waals surface area contributed by atoms with Crippen LogP contribution in [0.5, 0.6) is 0 Å². The van der Waals surface area contributed by atoms with Crippen molar-refractivity contribution in [3.63, 3.8) is 0 Å². The lowest BCUT2D eigenvalue weighted by Crippen LogP contribution is -2.46. The summed E-state index contributed by atoms with van der Waals surface area (Å²) in [6, 6.07) is 0.751. The molecule has 1 aromatic rings. The van der Waals surface area contributed by atoms with E-state index in [1.165, 1.54) is 38.6 Å². The summed E-state index contributed by atoms with van der Waals surface area (Å²) in [5.41, 5.74) is 0. The molecule has 26 heavy (non-hydrogen) atoms. The smallest absolute Gasteiger partial charge is 0.191 e. The predicted molar refractivity (Wildman–Crippen MR) is 107 cm³/mol. The second kappa shape index (κ2) is 11.2. The van der Waals surface area contributed by atoms with Crippen molar-refractivity contribution in [3.8, 4) is 0 Å². The van der Waals surface area contributed by atoms with Crippen molar-refractivity contribution in [3.05, 3.63) is 11.6 Å². The molecule has 0 bridgehead atoms. The van der Waals surface area contributed by atoms with E-state index in [9.17, 15) is 0 Å². The van der Waals surface area contributed by atoms with E-state index >= 15 is 0 Å². The van der Waals surface area contributed by atoms with Crippen LogP contribution in [0.2, 0.25) is 0 Å². The summed E-state index contributed by atoms with van der Waals surface area (Å²) < 4.78 is 1.99. The summed E-state index contributed by atoms with van der Waals surface area (Å²) >= 11 is 0. The quantitative estimate of drug-likeness (QED) is 0.400. The van der Waals surface area contributed by atoms with Gasteiger partial charge >= 0.3 is 0 Å². The maximum atomic E-state index is 4.71. The van der Waals surface area contributed by atoms with Crippen molar-refractivity contribution < 1.29 is 0 Å². The van der Waals surface area contributed by atoms with Gasteiger partial charge in [0.05, 0.1) is 0 Å². The second-order valence-corrected chi connectivity index (χ2v) is 7.19. The summed E-state index contributed by atoms with van der Waals surface area (Å²) in [4.78, 5) is 7.35. The van der Waals surface area contributed by atoms with Gasteiger partial charge in [-0.1, -0.05) is 26.7 Å². The van der Waals surface area contributed by atoms with E-state index in [-0.39, 0.29) is 0 Å². The first kappa shape index (κ1) is 20.7. The third kappa shape index (κ3) is 6.27. The molecule has 148 valence electrons. The van der Waals surface area contributed by atoms with Gasteiger partial charge in [0.2, 0.25) is 0 Å². The van der Waals surface area contributed by atoms with Gasteiger partial charge in [0, 0.05) is 32.7 Å². The van der Waals surface area contributed by atoms with Gasteiger partial charge in [-0.2, -0.15) is 0 Å². The fourth-order valence-corrected chi connectivity index (χ4v) is 3.43. The normalized spacial score (nSPS) is 18.9. The highest BCUT2D eigenvalue weighted by Crippen LogP contribution is 2.18. The van der Waals surface area contributed by atoms with Crippen molar-refractivity contribution in [1.82, 2.24) is 30.3 Å². The molecule has 0 spiro atoms. The number of aryl methyl sites for hydroxylation is 1. The van der Waals surface area contributed by atoms with E-state index in [0.717, 1.165) is 49.7 Å². The fourth-order valence-electron chi connectivity index (χ4n) is 3.43. The summed E-state index contributed by atoms with van der Waals surface area (Å²) in [5.74, 6) is 2.68. The minimum absolute atomic E-state index is 0.542. The van der Waals surface area contributed by atoms with E-state index in [1.807, 2.05) is 18.5 Å². The molecule has 1 aromatic heterocycles. The minimum Gasteiger partial charge on any atom is -0.356 e. The van der Waals surface area contributed by atoms with Crippen LogP contribution in [0.15, 0.2) is 4.99 Å². The summed E-state index contributed by atoms with van der Waals surface area (Å²) in [7, 11) is 1.99. The highest BCUT2D eigenvalue weighted by atomic mass is 15.3. The zero-order valence-electron chi connectivity index (χ0n) is 17.1. The first-order valence-electron chi connectivity index (χ1n) is 10.3. The molecule has 0 radical (unpaired) electrons. The van der Waals surface area contributed by atoms with E-state index in [0.29, 0.717) is 6.54 Å². The zero-order valence-corrected chi connectivity index (χ0v) is 17.1. The van der Waals surface area contributed by atoms with Crippen LogP contribution in [-0.4, -0.2) is 57.8 Å². The van der Waals surface area contributed by atoms with Crippen LogP contribution in [0.3, 0.4) is 0 Å². The average molecular weight is 364 g/mol. The van der Waals surface area contributed by atoms with Gasteiger partial charge in [0.25, 0.3) is 0 Å². The van der Waals surface area contributed by atoms with E-state index in [1.54, 1.807) is 0 Å². The highest BCUT2D eigenvalue weighted by Gasteiger charge is 2.20. The van der Waals surface area contributed by atoms with E-state index < -0.39 is 0 Å². The molecule has 7 nitrogen and oxygen atoms in total. The fraction of sp³-hybridized carbons (Fsp3) is 0.842. The lowest BCUT2D eigenvalue weighted by atomic mass is 10.0. The van der Waals surface area contributed by atoms with Crippen LogP contribution in [-0.2, 0) is 13.6 Å². The molecular formula is C19H37N7. The maximum absolute atomic E-state index is 4.71. The lowest BCUT2D eigenvalue weighted by Gasteiger charge is -2.35. The molecule has 0 saturated carbocycles. The highest BCUT2D eigenvalue weighted by molar-refractivity contribution is 5.79. The largest absolute Gasteiger partial charge is 0.356 e. The van der Waals surface area contributed by atoms with Crippen molar-refractivity contribution in [1.29, 1.82) is 0 Å². The zero-order chi connectivity index (χ0) is 18.8. The number of aliphatic imine (C=N–C) groups is 1. The Morgan fingerprint density at radius 1 is 1.19 bits per heavy atom. The number of aromatic nitrogens is 3. The monoisotopic (exact) mass is 363 g/mol. The molecule has 1 aliphatic heterocycles. The first-order valence-corrected chi connectivity index (χ1v) is 10.3. The number of hydrogen-bond donors (Lipinski definition) is 2. The van der Waals surface area contributed by atoms with Gasteiger partial charge in [-0.15, -0.1) is 10.2 Å². The maximum Gasteiger partial charge on any atom is 0.191 e. The molecule has 1 saturated heterocycles. The van der Waals surface area contributed by atoms with Crippen LogP contribution < -0.4 is 10.6 Å². The summed E-state index contributed by atoms with van der Waals surface area (Å²) in [6.07, 6.45) is 7.63. The minimum atomic E-state index is 0.542. The molecule has 2 rings (SSSR count). The number of piperidine rings is 1. The topological polar surface area (TPSA) is 70.4 Å². The number of nitrogens with zero attached hydrogens (tertiary/aromatic N) is 5. The SMILES string of the molecule is CCCCNC(=NCc1nnc(C)n1C)NCCN1CCCCC1CC. The third-order valence-corrected chi connectivity index (χ3v) is 5.30. The summed E-state index contributed by atoms with van der Waals surface area (Å²) in [6.45, 7) is 11.2. The van der Waals surface area contributed by atoms with Crippen molar-refractivity contribution in [2.24, 2.45) is 12.0 Å². The number of likely N-dealkylation sites (tertiary alicyclic amines) is 1. The Labute approximate surface area is 158 Å². The van der Waals surface area contributed by atoms with E-state index in [4.69, 9.17) is 4.99 Å². The number of nitrogens with one attached hydrogen (secondary N) is 2. The molecule has 1 atom stereocenters. The molecule has 0 amide bonds. The first-order chi connectivity index (χ1) is 12.7. The van der Waals surface area contributed by atoms with Crippen LogP contribution in [0, 0.1) is 6.92 Å². The summed E-state index contributed by atoms with van der Waals surface area (Å²) in [5, 5.41) is 15.3. The number of unbranched alkanes of at least 4 members (excludes halogenated alkanes) is 1. The Bertz CT molecular complexity index is 552. The molecule has 2 N–H and O–H groups in total. The molecule has 0 aromatic carbocycles. The Morgan fingerprint density at radius 3 is 2.69 bits per heavy atom. The Hall–Kier alpha value is -1.63. The molecule has 1 aliphatic rings. The number of hydrogen-bond acceptors (Lipinski definition) is 4. The standard InChI is InChI=1S/C19H37N7/c1-5-7-11-20-19(22-15-18-24-23-16(3)25(18)4)21-12-14-26-13-9-8-10-17(26)6-2/h17H,5-15H2,1-4H3,(H2,20,21,22). The van der Waals surface area contributed by atoms with Gasteiger partial charge in [0.15, 0.2) is 11.8 Å². The molecule has 1 fully saturated rings. The Morgan fingerprint density at radius 2 is 2.00 bits per heavy atom. The van der Waals surface area contributed by atoms with Gasteiger partial charge in [0.1, 0.15) is 12.4 Å². The van der Waals surface area contributed by atoms with Gasteiger partial charge in [-0.25, -0.2) is 4.99 Å². The van der Waals surface area contributed by atoms with E-state index in [2.05, 4.69) is 39.6 Å². The van der Waals surface area contributed by atoms with Gasteiger partial charge in [-0.05, 0) is 39.2 Å². The third-order valence-electron chi connectivity index (χ3n) is 5.30. The second-order valence-electron chi connectivity index (χ2n) is 7.19. The van der Waals surface area contributed by atoms with Crippen molar-refractivity contribution in [2.45, 2.75) is 71.9 Å². The average Bonchev–Trinajstić information content (AvgIpc) is 2.98. The number of guanidine groups is 1. The van der Waals surface area contributed by atoms with Crippen LogP contribution >= 0.6 is 0 Å². The van der Waals surface area contributed by atoms with Gasteiger partial charge < -0.3 is 15.2 Å². The Balaban J connectivity index is 1.87. The van der Waals surface area contributed by atoms with Crippen LogP contribution in [0.4, 0.5) is 0 Å². The molecule has 0 aliphatic carbocycles. The van der Waals surface area contributed by atoms with Crippen LogP contribution in [0.1, 0.15) is 64.0 Å². The van der Waals surface area contributed by atoms with Crippen molar-refractivity contribution >= 4 is 5.96 Å². The molecule has 1 unspecified atom stereocenters. The van der Waals surface area contributed by atoms with Crippen molar-refractivity contribution in [2.75, 3.05) is 26.2 Å². The Kier molecular flexibility index (Phi) is 8.88. The molecule has 7 heteroatoms. The van der Waals surface area contributed by atoms with Crippen LogP contribution in [0.25, 0.3) is 0 Å². The number of rotatable bonds is 9.